The Hall–Kier alpha value is -3.28. The standard InChI is InChI=1S/C22H24N2O4/c1-3-14-27-18-10-8-17(9-11-18)15-23(2)21(25)12-13-24-19-6-4-5-7-20(19)28-16-22(24)26/h3-11H,1,12-16H2,2H3. The summed E-state index contributed by atoms with van der Waals surface area (Å²) in [6.45, 7) is 4.90. The first-order valence-corrected chi connectivity index (χ1v) is 9.17. The number of anilines is 1. The summed E-state index contributed by atoms with van der Waals surface area (Å²) in [6, 6.07) is 15.0. The molecular weight excluding hydrogens is 356 g/mol. The van der Waals surface area contributed by atoms with E-state index in [-0.39, 0.29) is 24.8 Å². The highest BCUT2D eigenvalue weighted by Gasteiger charge is 2.25. The first kappa shape index (κ1) is 19.5. The van der Waals surface area contributed by atoms with Gasteiger partial charge in [0.05, 0.1) is 5.69 Å². The van der Waals surface area contributed by atoms with E-state index in [1.807, 2.05) is 48.5 Å². The van der Waals surface area contributed by atoms with Crippen molar-refractivity contribution >= 4 is 17.5 Å². The van der Waals surface area contributed by atoms with Crippen molar-refractivity contribution in [1.82, 2.24) is 4.90 Å². The van der Waals surface area contributed by atoms with E-state index >= 15 is 0 Å². The average Bonchev–Trinajstić information content (AvgIpc) is 2.72. The van der Waals surface area contributed by atoms with Crippen LogP contribution in [0.15, 0.2) is 61.2 Å². The van der Waals surface area contributed by atoms with E-state index < -0.39 is 0 Å². The van der Waals surface area contributed by atoms with Gasteiger partial charge in [0.2, 0.25) is 5.91 Å². The number of rotatable bonds is 8. The monoisotopic (exact) mass is 380 g/mol. The van der Waals surface area contributed by atoms with Crippen LogP contribution in [0.1, 0.15) is 12.0 Å². The molecule has 0 bridgehead atoms. The van der Waals surface area contributed by atoms with Gasteiger partial charge in [-0.1, -0.05) is 36.9 Å². The van der Waals surface area contributed by atoms with Crippen LogP contribution < -0.4 is 14.4 Å². The molecule has 0 radical (unpaired) electrons. The van der Waals surface area contributed by atoms with Crippen molar-refractivity contribution in [2.75, 3.05) is 31.7 Å². The lowest BCUT2D eigenvalue weighted by Gasteiger charge is -2.29. The average molecular weight is 380 g/mol. The van der Waals surface area contributed by atoms with Crippen LogP contribution in [0.5, 0.6) is 11.5 Å². The van der Waals surface area contributed by atoms with Gasteiger partial charge in [0.1, 0.15) is 18.1 Å². The van der Waals surface area contributed by atoms with Gasteiger partial charge in [-0.2, -0.15) is 0 Å². The van der Waals surface area contributed by atoms with Gasteiger partial charge in [-0.15, -0.1) is 0 Å². The van der Waals surface area contributed by atoms with Crippen LogP contribution in [0.25, 0.3) is 0 Å². The van der Waals surface area contributed by atoms with Crippen molar-refractivity contribution in [3.05, 3.63) is 66.7 Å². The molecule has 1 heterocycles. The summed E-state index contributed by atoms with van der Waals surface area (Å²) in [5, 5.41) is 0. The van der Waals surface area contributed by atoms with Crippen molar-refractivity contribution in [2.24, 2.45) is 0 Å². The van der Waals surface area contributed by atoms with Crippen LogP contribution >= 0.6 is 0 Å². The number of hydrogen-bond acceptors (Lipinski definition) is 4. The molecule has 0 saturated carbocycles. The molecule has 6 heteroatoms. The molecule has 146 valence electrons. The van der Waals surface area contributed by atoms with Crippen LogP contribution in [0.3, 0.4) is 0 Å². The van der Waals surface area contributed by atoms with Crippen LogP contribution in [-0.2, 0) is 16.1 Å². The van der Waals surface area contributed by atoms with Crippen LogP contribution in [0, 0.1) is 0 Å². The zero-order valence-corrected chi connectivity index (χ0v) is 16.0. The van der Waals surface area contributed by atoms with Crippen LogP contribution in [-0.4, -0.2) is 43.5 Å². The third-order valence-electron chi connectivity index (χ3n) is 4.49. The Morgan fingerprint density at radius 3 is 2.75 bits per heavy atom. The number of fused-ring (bicyclic) bond motifs is 1. The fourth-order valence-electron chi connectivity index (χ4n) is 3.01. The predicted octanol–water partition coefficient (Wildman–Crippen LogP) is 3.03. The van der Waals surface area contributed by atoms with Crippen molar-refractivity contribution in [2.45, 2.75) is 13.0 Å². The molecule has 0 saturated heterocycles. The Balaban J connectivity index is 1.55. The van der Waals surface area contributed by atoms with Gasteiger partial charge in [-0.3, -0.25) is 9.59 Å². The lowest BCUT2D eigenvalue weighted by atomic mass is 10.2. The number of para-hydroxylation sites is 2. The molecule has 1 aliphatic rings. The summed E-state index contributed by atoms with van der Waals surface area (Å²) in [4.78, 5) is 28.0. The molecule has 3 rings (SSSR count). The van der Waals surface area contributed by atoms with Crippen LogP contribution in [0.4, 0.5) is 5.69 Å². The minimum atomic E-state index is -0.135. The van der Waals surface area contributed by atoms with E-state index in [0.29, 0.717) is 31.1 Å². The van der Waals surface area contributed by atoms with E-state index in [0.717, 1.165) is 11.3 Å². The first-order chi connectivity index (χ1) is 13.6. The predicted molar refractivity (Wildman–Crippen MR) is 108 cm³/mol. The summed E-state index contributed by atoms with van der Waals surface area (Å²) in [5.41, 5.74) is 1.72. The second-order valence-electron chi connectivity index (χ2n) is 6.55. The SMILES string of the molecule is C=CCOc1ccc(CN(C)C(=O)CCN2C(=O)COc3ccccc32)cc1. The Morgan fingerprint density at radius 2 is 2.00 bits per heavy atom. The molecule has 0 aromatic heterocycles. The number of nitrogens with zero attached hydrogens (tertiary/aromatic N) is 2. The van der Waals surface area contributed by atoms with E-state index in [1.165, 1.54) is 0 Å². The van der Waals surface area contributed by atoms with Gasteiger partial charge in [0.25, 0.3) is 5.91 Å². The van der Waals surface area contributed by atoms with Crippen molar-refractivity contribution in [3.63, 3.8) is 0 Å². The number of amides is 2. The third kappa shape index (κ3) is 4.71. The quantitative estimate of drug-likeness (QED) is 0.661. The van der Waals surface area contributed by atoms with Gasteiger partial charge >= 0.3 is 0 Å². The molecule has 2 amide bonds. The molecule has 0 N–H and O–H groups in total. The van der Waals surface area contributed by atoms with Gasteiger partial charge in [0.15, 0.2) is 6.61 Å². The van der Waals surface area contributed by atoms with Gasteiger partial charge in [-0.05, 0) is 29.8 Å². The van der Waals surface area contributed by atoms with Gasteiger partial charge < -0.3 is 19.3 Å². The second kappa shape index (κ2) is 9.08. The summed E-state index contributed by atoms with van der Waals surface area (Å²) in [6.07, 6.45) is 1.94. The third-order valence-corrected chi connectivity index (χ3v) is 4.49. The maximum absolute atomic E-state index is 12.5. The van der Waals surface area contributed by atoms with Gasteiger partial charge in [0, 0.05) is 26.6 Å². The lowest BCUT2D eigenvalue weighted by molar-refractivity contribution is -0.130. The maximum Gasteiger partial charge on any atom is 0.265 e. The van der Waals surface area contributed by atoms with Crippen molar-refractivity contribution < 1.29 is 19.1 Å². The molecule has 28 heavy (non-hydrogen) atoms. The van der Waals surface area contributed by atoms with E-state index in [4.69, 9.17) is 9.47 Å². The van der Waals surface area contributed by atoms with Crippen molar-refractivity contribution in [1.29, 1.82) is 0 Å². The number of ether oxygens (including phenoxy) is 2. The number of carbonyl (C=O) groups is 2. The molecule has 0 unspecified atom stereocenters. The molecule has 0 fully saturated rings. The highest BCUT2D eigenvalue weighted by Crippen LogP contribution is 2.31. The largest absolute Gasteiger partial charge is 0.490 e. The lowest BCUT2D eigenvalue weighted by Crippen LogP contribution is -2.41. The number of carbonyl (C=O) groups excluding carboxylic acids is 2. The summed E-state index contributed by atoms with van der Waals surface area (Å²) in [5.74, 6) is 1.27. The van der Waals surface area contributed by atoms with E-state index in [2.05, 4.69) is 6.58 Å². The molecule has 0 aliphatic carbocycles. The molecule has 1 aliphatic heterocycles. The first-order valence-electron chi connectivity index (χ1n) is 9.17. The fourth-order valence-corrected chi connectivity index (χ4v) is 3.01. The minimum Gasteiger partial charge on any atom is -0.490 e. The van der Waals surface area contributed by atoms with Gasteiger partial charge in [-0.25, -0.2) is 0 Å². The van der Waals surface area contributed by atoms with E-state index in [9.17, 15) is 9.59 Å². The summed E-state index contributed by atoms with van der Waals surface area (Å²) >= 11 is 0. The molecule has 0 atom stereocenters. The topological polar surface area (TPSA) is 59.1 Å². The molecule has 2 aromatic rings. The van der Waals surface area contributed by atoms with Crippen LogP contribution in [0.2, 0.25) is 0 Å². The minimum absolute atomic E-state index is 0.00131. The zero-order chi connectivity index (χ0) is 19.9. The number of benzene rings is 2. The normalized spacial score (nSPS) is 12.8. The van der Waals surface area contributed by atoms with E-state index in [1.54, 1.807) is 22.9 Å². The Bertz CT molecular complexity index is 848. The fraction of sp³-hybridized carbons (Fsp3) is 0.273. The molecular formula is C22H24N2O4. The highest BCUT2D eigenvalue weighted by molar-refractivity contribution is 5.98. The zero-order valence-electron chi connectivity index (χ0n) is 16.0. The second-order valence-corrected chi connectivity index (χ2v) is 6.55. The Morgan fingerprint density at radius 1 is 1.25 bits per heavy atom. The summed E-state index contributed by atoms with van der Waals surface area (Å²) < 4.78 is 10.9. The molecule has 0 spiro atoms. The Labute approximate surface area is 165 Å². The highest BCUT2D eigenvalue weighted by atomic mass is 16.5. The number of hydrogen-bond donors (Lipinski definition) is 0. The maximum atomic E-state index is 12.5. The molecule has 2 aromatic carbocycles. The summed E-state index contributed by atoms with van der Waals surface area (Å²) in [7, 11) is 1.76. The van der Waals surface area contributed by atoms with Crippen molar-refractivity contribution in [3.8, 4) is 11.5 Å². The smallest absolute Gasteiger partial charge is 0.265 e. The Kier molecular flexibility index (Phi) is 6.32. The molecule has 6 nitrogen and oxygen atoms in total.